The number of thiol groups is 1. The van der Waals surface area contributed by atoms with Gasteiger partial charge in [-0.15, -0.1) is 12.6 Å². The first-order valence-electron chi connectivity index (χ1n) is 6.72. The summed E-state index contributed by atoms with van der Waals surface area (Å²) >= 11 is 4.31. The van der Waals surface area contributed by atoms with Gasteiger partial charge in [0.25, 0.3) is 0 Å². The summed E-state index contributed by atoms with van der Waals surface area (Å²) in [4.78, 5) is 4.63. The van der Waals surface area contributed by atoms with Crippen molar-refractivity contribution in [2.45, 2.75) is 71.8 Å². The largest absolute Gasteiger partial charge is 0.467 e. The first-order chi connectivity index (χ1) is 7.80. The Kier molecular flexibility index (Phi) is 5.36. The molecule has 1 unspecified atom stereocenters. The zero-order chi connectivity index (χ0) is 13.1. The van der Waals surface area contributed by atoms with Crippen molar-refractivity contribution in [3.05, 3.63) is 0 Å². The minimum absolute atomic E-state index is 0.0672. The molecule has 0 bridgehead atoms. The highest BCUT2D eigenvalue weighted by atomic mass is 32.1. The van der Waals surface area contributed by atoms with Crippen molar-refractivity contribution in [2.24, 2.45) is 16.3 Å². The van der Waals surface area contributed by atoms with Gasteiger partial charge in [-0.1, -0.05) is 13.8 Å². The third-order valence-electron chi connectivity index (χ3n) is 3.37. The molecule has 1 aliphatic carbocycles. The monoisotopic (exact) mass is 257 g/mol. The standard InChI is InChI=1S/C14H27NOS/c1-10(2)15-13(16-11(3)17)12-6-8-14(4,5)9-7-12/h10-12,17H,6-9H2,1-5H3/b15-13-. The number of nitrogens with zero attached hydrogens (tertiary/aromatic N) is 1. The lowest BCUT2D eigenvalue weighted by molar-refractivity contribution is 0.191. The predicted octanol–water partition coefficient (Wildman–Crippen LogP) is 4.30. The Balaban J connectivity index is 2.66. The van der Waals surface area contributed by atoms with E-state index in [4.69, 9.17) is 4.74 Å². The lowest BCUT2D eigenvalue weighted by atomic mass is 9.73. The number of rotatable bonds is 3. The fraction of sp³-hybridized carbons (Fsp3) is 0.929. The molecule has 0 aliphatic heterocycles. The van der Waals surface area contributed by atoms with Crippen LogP contribution >= 0.6 is 12.6 Å². The van der Waals surface area contributed by atoms with Gasteiger partial charge < -0.3 is 4.74 Å². The Labute approximate surface area is 112 Å². The van der Waals surface area contributed by atoms with Crippen LogP contribution in [-0.2, 0) is 4.74 Å². The van der Waals surface area contributed by atoms with Gasteiger partial charge in [-0.25, -0.2) is 0 Å². The lowest BCUT2D eigenvalue weighted by Gasteiger charge is -2.35. The zero-order valence-electron chi connectivity index (χ0n) is 11.9. The molecule has 0 heterocycles. The van der Waals surface area contributed by atoms with Crippen LogP contribution in [0.1, 0.15) is 60.3 Å². The molecular formula is C14H27NOS. The molecule has 0 amide bonds. The van der Waals surface area contributed by atoms with E-state index in [0.29, 0.717) is 17.4 Å². The van der Waals surface area contributed by atoms with E-state index in [1.54, 1.807) is 0 Å². The maximum Gasteiger partial charge on any atom is 0.188 e. The molecule has 1 rings (SSSR count). The quantitative estimate of drug-likeness (QED) is 0.346. The number of aliphatic imine (C=N–C) groups is 1. The maximum atomic E-state index is 5.78. The van der Waals surface area contributed by atoms with Crippen LogP contribution in [0.2, 0.25) is 0 Å². The van der Waals surface area contributed by atoms with Gasteiger partial charge in [0.15, 0.2) is 5.90 Å². The molecular weight excluding hydrogens is 230 g/mol. The van der Waals surface area contributed by atoms with Crippen LogP contribution in [0.5, 0.6) is 0 Å². The van der Waals surface area contributed by atoms with Gasteiger partial charge >= 0.3 is 0 Å². The molecule has 0 radical (unpaired) electrons. The molecule has 1 aliphatic rings. The summed E-state index contributed by atoms with van der Waals surface area (Å²) < 4.78 is 5.78. The van der Waals surface area contributed by atoms with Crippen molar-refractivity contribution in [3.63, 3.8) is 0 Å². The molecule has 3 heteroatoms. The van der Waals surface area contributed by atoms with Crippen molar-refractivity contribution in [1.82, 2.24) is 0 Å². The number of hydrogen-bond donors (Lipinski definition) is 1. The number of hydrogen-bond acceptors (Lipinski definition) is 3. The zero-order valence-corrected chi connectivity index (χ0v) is 12.8. The van der Waals surface area contributed by atoms with Gasteiger partial charge in [0.2, 0.25) is 0 Å². The molecule has 17 heavy (non-hydrogen) atoms. The molecule has 100 valence electrons. The molecule has 2 nitrogen and oxygen atoms in total. The van der Waals surface area contributed by atoms with Crippen LogP contribution in [0.4, 0.5) is 0 Å². The number of ether oxygens (including phenoxy) is 1. The first-order valence-corrected chi connectivity index (χ1v) is 7.24. The molecule has 0 aromatic carbocycles. The summed E-state index contributed by atoms with van der Waals surface area (Å²) in [5.74, 6) is 1.43. The van der Waals surface area contributed by atoms with Crippen molar-refractivity contribution in [2.75, 3.05) is 0 Å². The molecule has 1 fully saturated rings. The third-order valence-corrected chi connectivity index (χ3v) is 3.47. The second-order valence-corrected chi connectivity index (χ2v) is 6.94. The van der Waals surface area contributed by atoms with Crippen LogP contribution < -0.4 is 0 Å². The van der Waals surface area contributed by atoms with Gasteiger partial charge in [0, 0.05) is 12.0 Å². The van der Waals surface area contributed by atoms with Crippen LogP contribution in [0.25, 0.3) is 0 Å². The van der Waals surface area contributed by atoms with Crippen LogP contribution in [-0.4, -0.2) is 17.4 Å². The van der Waals surface area contributed by atoms with Crippen LogP contribution in [0.15, 0.2) is 4.99 Å². The molecule has 0 N–H and O–H groups in total. The van der Waals surface area contributed by atoms with E-state index >= 15 is 0 Å². The van der Waals surface area contributed by atoms with Crippen molar-refractivity contribution in [3.8, 4) is 0 Å². The molecule has 0 saturated heterocycles. The van der Waals surface area contributed by atoms with Gasteiger partial charge in [-0.3, -0.25) is 4.99 Å². The van der Waals surface area contributed by atoms with Crippen molar-refractivity contribution >= 4 is 18.5 Å². The Bertz CT molecular complexity index is 261. The van der Waals surface area contributed by atoms with Crippen LogP contribution in [0.3, 0.4) is 0 Å². The van der Waals surface area contributed by atoms with Gasteiger partial charge in [0.1, 0.15) is 5.44 Å². The highest BCUT2D eigenvalue weighted by Gasteiger charge is 2.30. The topological polar surface area (TPSA) is 21.6 Å². The molecule has 0 spiro atoms. The average Bonchev–Trinajstić information content (AvgIpc) is 2.14. The van der Waals surface area contributed by atoms with Gasteiger partial charge in [-0.2, -0.15) is 0 Å². The van der Waals surface area contributed by atoms with E-state index in [1.807, 2.05) is 6.92 Å². The van der Waals surface area contributed by atoms with E-state index in [0.717, 1.165) is 5.90 Å². The summed E-state index contributed by atoms with van der Waals surface area (Å²) in [6, 6.07) is 0.298. The van der Waals surface area contributed by atoms with E-state index in [-0.39, 0.29) is 5.44 Å². The molecule has 1 saturated carbocycles. The fourth-order valence-electron chi connectivity index (χ4n) is 2.31. The predicted molar refractivity (Wildman–Crippen MR) is 77.8 cm³/mol. The Morgan fingerprint density at radius 2 is 1.76 bits per heavy atom. The fourth-order valence-corrected chi connectivity index (χ4v) is 2.42. The lowest BCUT2D eigenvalue weighted by Crippen LogP contribution is -2.29. The van der Waals surface area contributed by atoms with E-state index < -0.39 is 0 Å². The Morgan fingerprint density at radius 3 is 2.18 bits per heavy atom. The average molecular weight is 257 g/mol. The highest BCUT2D eigenvalue weighted by Crippen LogP contribution is 2.38. The van der Waals surface area contributed by atoms with Gasteiger partial charge in [-0.05, 0) is 51.9 Å². The van der Waals surface area contributed by atoms with E-state index in [1.165, 1.54) is 25.7 Å². The summed E-state index contributed by atoms with van der Waals surface area (Å²) in [6.07, 6.45) is 4.91. The first kappa shape index (κ1) is 14.9. The summed E-state index contributed by atoms with van der Waals surface area (Å²) in [5, 5.41) is 0. The van der Waals surface area contributed by atoms with Crippen LogP contribution in [0, 0.1) is 11.3 Å². The Morgan fingerprint density at radius 1 is 1.24 bits per heavy atom. The summed E-state index contributed by atoms with van der Waals surface area (Å²) in [6.45, 7) is 10.8. The Hall–Kier alpha value is -0.180. The normalized spacial score (nSPS) is 23.8. The molecule has 1 atom stereocenters. The second kappa shape index (κ2) is 6.12. The SMILES string of the molecule is CC(C)/N=C(\OC(C)S)C1CCC(C)(C)CC1. The van der Waals surface area contributed by atoms with Gasteiger partial charge in [0.05, 0.1) is 0 Å². The molecule has 0 aromatic rings. The minimum atomic E-state index is -0.0672. The summed E-state index contributed by atoms with van der Waals surface area (Å²) in [5.41, 5.74) is 0.425. The van der Waals surface area contributed by atoms with E-state index in [9.17, 15) is 0 Å². The van der Waals surface area contributed by atoms with E-state index in [2.05, 4.69) is 45.3 Å². The smallest absolute Gasteiger partial charge is 0.188 e. The second-order valence-electron chi connectivity index (χ2n) is 6.22. The van der Waals surface area contributed by atoms with Crippen molar-refractivity contribution in [1.29, 1.82) is 0 Å². The maximum absolute atomic E-state index is 5.78. The minimum Gasteiger partial charge on any atom is -0.467 e. The molecule has 0 aromatic heterocycles. The third kappa shape index (κ3) is 5.33. The highest BCUT2D eigenvalue weighted by molar-refractivity contribution is 7.80. The summed E-state index contributed by atoms with van der Waals surface area (Å²) in [7, 11) is 0. The van der Waals surface area contributed by atoms with Crippen molar-refractivity contribution < 1.29 is 4.74 Å².